The molecule has 1 aliphatic rings. The maximum atomic E-state index is 11.8. The Morgan fingerprint density at radius 3 is 2.16 bits per heavy atom. The fourth-order valence-corrected chi connectivity index (χ4v) is 2.20. The number of hydrogen-bond donors (Lipinski definition) is 3. The first kappa shape index (κ1) is 15.8. The van der Waals surface area contributed by atoms with Crippen molar-refractivity contribution in [1.29, 1.82) is 0 Å². The molecule has 0 radical (unpaired) electrons. The van der Waals surface area contributed by atoms with Crippen LogP contribution in [0.25, 0.3) is 0 Å². The van der Waals surface area contributed by atoms with Crippen molar-refractivity contribution in [3.8, 4) is 0 Å². The second-order valence-corrected chi connectivity index (χ2v) is 5.92. The van der Waals surface area contributed by atoms with Gasteiger partial charge in [0.25, 0.3) is 0 Å². The average molecular weight is 271 g/mol. The second-order valence-electron chi connectivity index (χ2n) is 5.92. The highest BCUT2D eigenvalue weighted by Crippen LogP contribution is 2.19. The van der Waals surface area contributed by atoms with Crippen molar-refractivity contribution in [3.63, 3.8) is 0 Å². The third-order valence-corrected chi connectivity index (χ3v) is 3.00. The lowest BCUT2D eigenvalue weighted by Gasteiger charge is -2.33. The predicted molar refractivity (Wildman–Crippen MR) is 72.6 cm³/mol. The average Bonchev–Trinajstić information content (AvgIpc) is 2.29. The SMILES string of the molecule is CC(C)(C)OC(=O)N[C@H]1CCCC[C@@H]1NC(=O)CN. The normalized spacial score (nSPS) is 23.6. The second kappa shape index (κ2) is 6.75. The molecule has 0 spiro atoms. The zero-order valence-electron chi connectivity index (χ0n) is 12.0. The third kappa shape index (κ3) is 5.92. The summed E-state index contributed by atoms with van der Waals surface area (Å²) in [5.74, 6) is -0.192. The Hall–Kier alpha value is -1.30. The Morgan fingerprint density at radius 1 is 1.16 bits per heavy atom. The van der Waals surface area contributed by atoms with Crippen molar-refractivity contribution in [2.45, 2.75) is 64.1 Å². The van der Waals surface area contributed by atoms with Gasteiger partial charge in [0.05, 0.1) is 12.6 Å². The Labute approximate surface area is 114 Å². The van der Waals surface area contributed by atoms with Gasteiger partial charge in [0.1, 0.15) is 5.60 Å². The molecule has 0 saturated heterocycles. The molecule has 2 atom stereocenters. The number of carbonyl (C=O) groups excluding carboxylic acids is 2. The maximum absolute atomic E-state index is 11.8. The molecule has 1 fully saturated rings. The van der Waals surface area contributed by atoms with E-state index in [0.717, 1.165) is 25.7 Å². The molecule has 19 heavy (non-hydrogen) atoms. The highest BCUT2D eigenvalue weighted by atomic mass is 16.6. The number of amides is 2. The minimum Gasteiger partial charge on any atom is -0.444 e. The van der Waals surface area contributed by atoms with Crippen molar-refractivity contribution >= 4 is 12.0 Å². The van der Waals surface area contributed by atoms with Crippen LogP contribution in [0.5, 0.6) is 0 Å². The van der Waals surface area contributed by atoms with Gasteiger partial charge in [0.15, 0.2) is 0 Å². The number of rotatable bonds is 3. The van der Waals surface area contributed by atoms with Gasteiger partial charge in [-0.15, -0.1) is 0 Å². The van der Waals surface area contributed by atoms with Crippen LogP contribution in [0.2, 0.25) is 0 Å². The maximum Gasteiger partial charge on any atom is 0.407 e. The zero-order valence-corrected chi connectivity index (χ0v) is 12.0. The Bertz CT molecular complexity index is 326. The summed E-state index contributed by atoms with van der Waals surface area (Å²) in [4.78, 5) is 23.1. The van der Waals surface area contributed by atoms with Crippen molar-refractivity contribution in [2.75, 3.05) is 6.54 Å². The summed E-state index contributed by atoms with van der Waals surface area (Å²) < 4.78 is 5.23. The molecule has 1 saturated carbocycles. The molecule has 0 aromatic heterocycles. The quantitative estimate of drug-likeness (QED) is 0.711. The van der Waals surface area contributed by atoms with Crippen LogP contribution >= 0.6 is 0 Å². The number of alkyl carbamates (subject to hydrolysis) is 1. The van der Waals surface area contributed by atoms with E-state index in [0.29, 0.717) is 0 Å². The van der Waals surface area contributed by atoms with Gasteiger partial charge in [-0.1, -0.05) is 12.8 Å². The molecule has 0 unspecified atom stereocenters. The summed E-state index contributed by atoms with van der Waals surface area (Å²) in [5, 5.41) is 5.69. The van der Waals surface area contributed by atoms with E-state index in [1.54, 1.807) is 0 Å². The van der Waals surface area contributed by atoms with Gasteiger partial charge in [-0.3, -0.25) is 4.79 Å². The summed E-state index contributed by atoms with van der Waals surface area (Å²) in [5.41, 5.74) is 4.78. The van der Waals surface area contributed by atoms with Gasteiger partial charge in [0.2, 0.25) is 5.91 Å². The summed E-state index contributed by atoms with van der Waals surface area (Å²) in [6, 6.07) is -0.142. The molecule has 2 amide bonds. The fraction of sp³-hybridized carbons (Fsp3) is 0.846. The topological polar surface area (TPSA) is 93.5 Å². The molecule has 1 aliphatic carbocycles. The molecule has 6 heteroatoms. The monoisotopic (exact) mass is 271 g/mol. The first-order valence-corrected chi connectivity index (χ1v) is 6.81. The van der Waals surface area contributed by atoms with E-state index < -0.39 is 11.7 Å². The van der Waals surface area contributed by atoms with E-state index in [4.69, 9.17) is 10.5 Å². The minimum absolute atomic E-state index is 0.0321. The molecule has 4 N–H and O–H groups in total. The highest BCUT2D eigenvalue weighted by Gasteiger charge is 2.29. The Kier molecular flexibility index (Phi) is 5.60. The molecule has 0 heterocycles. The zero-order chi connectivity index (χ0) is 14.5. The Balaban J connectivity index is 2.52. The molecule has 6 nitrogen and oxygen atoms in total. The van der Waals surface area contributed by atoms with Crippen LogP contribution < -0.4 is 16.4 Å². The van der Waals surface area contributed by atoms with Crippen LogP contribution in [0.3, 0.4) is 0 Å². The molecule has 1 rings (SSSR count). The fourth-order valence-electron chi connectivity index (χ4n) is 2.20. The van der Waals surface area contributed by atoms with Crippen LogP contribution in [-0.2, 0) is 9.53 Å². The molecule has 0 aliphatic heterocycles. The van der Waals surface area contributed by atoms with E-state index in [2.05, 4.69) is 10.6 Å². The van der Waals surface area contributed by atoms with Crippen LogP contribution in [0, 0.1) is 0 Å². The van der Waals surface area contributed by atoms with Gasteiger partial charge in [-0.25, -0.2) is 4.79 Å². The van der Waals surface area contributed by atoms with Crippen LogP contribution in [0.1, 0.15) is 46.5 Å². The van der Waals surface area contributed by atoms with E-state index in [-0.39, 0.29) is 24.5 Å². The summed E-state index contributed by atoms with van der Waals surface area (Å²) in [7, 11) is 0. The van der Waals surface area contributed by atoms with Crippen molar-refractivity contribution in [2.24, 2.45) is 5.73 Å². The van der Waals surface area contributed by atoms with E-state index >= 15 is 0 Å². The van der Waals surface area contributed by atoms with Gasteiger partial charge in [-0.2, -0.15) is 0 Å². The number of hydrogen-bond acceptors (Lipinski definition) is 4. The number of nitrogens with one attached hydrogen (secondary N) is 2. The first-order chi connectivity index (χ1) is 8.81. The lowest BCUT2D eigenvalue weighted by Crippen LogP contribution is -2.54. The molecular formula is C13H25N3O3. The van der Waals surface area contributed by atoms with Crippen molar-refractivity contribution in [3.05, 3.63) is 0 Å². The molecule has 0 aromatic rings. The van der Waals surface area contributed by atoms with Gasteiger partial charge >= 0.3 is 6.09 Å². The minimum atomic E-state index is -0.519. The summed E-state index contributed by atoms with van der Waals surface area (Å²) in [6.07, 6.45) is 3.34. The van der Waals surface area contributed by atoms with Gasteiger partial charge < -0.3 is 21.1 Å². The number of carbonyl (C=O) groups is 2. The summed E-state index contributed by atoms with van der Waals surface area (Å²) in [6.45, 7) is 5.43. The standard InChI is InChI=1S/C13H25N3O3/c1-13(2,3)19-12(18)16-10-7-5-4-6-9(10)15-11(17)8-14/h9-10H,4-8,14H2,1-3H3,(H,15,17)(H,16,18)/t9-,10-/m0/s1. The largest absolute Gasteiger partial charge is 0.444 e. The predicted octanol–water partition coefficient (Wildman–Crippen LogP) is 0.897. The molecule has 0 bridgehead atoms. The van der Waals surface area contributed by atoms with Gasteiger partial charge in [0, 0.05) is 6.04 Å². The van der Waals surface area contributed by atoms with Crippen LogP contribution in [0.15, 0.2) is 0 Å². The van der Waals surface area contributed by atoms with Crippen LogP contribution in [0.4, 0.5) is 4.79 Å². The first-order valence-electron chi connectivity index (χ1n) is 6.81. The number of nitrogens with two attached hydrogens (primary N) is 1. The molecule has 0 aromatic carbocycles. The van der Waals surface area contributed by atoms with E-state index in [9.17, 15) is 9.59 Å². The molecule has 110 valence electrons. The molecular weight excluding hydrogens is 246 g/mol. The summed E-state index contributed by atoms with van der Waals surface area (Å²) >= 11 is 0. The van der Waals surface area contributed by atoms with E-state index in [1.807, 2.05) is 20.8 Å². The van der Waals surface area contributed by atoms with Gasteiger partial charge in [-0.05, 0) is 33.6 Å². The Morgan fingerprint density at radius 2 is 1.68 bits per heavy atom. The van der Waals surface area contributed by atoms with Crippen molar-refractivity contribution in [1.82, 2.24) is 10.6 Å². The van der Waals surface area contributed by atoms with E-state index in [1.165, 1.54) is 0 Å². The van der Waals surface area contributed by atoms with Crippen LogP contribution in [-0.4, -0.2) is 36.2 Å². The number of ether oxygens (including phenoxy) is 1. The third-order valence-electron chi connectivity index (χ3n) is 3.00. The van der Waals surface area contributed by atoms with Crippen molar-refractivity contribution < 1.29 is 14.3 Å². The lowest BCUT2D eigenvalue weighted by atomic mass is 9.90. The lowest BCUT2D eigenvalue weighted by molar-refractivity contribution is -0.120. The highest BCUT2D eigenvalue weighted by molar-refractivity contribution is 5.78. The smallest absolute Gasteiger partial charge is 0.407 e.